The van der Waals surface area contributed by atoms with Crippen LogP contribution in [0.4, 0.5) is 9.18 Å². The molecule has 0 bridgehead atoms. The summed E-state index contributed by atoms with van der Waals surface area (Å²) < 4.78 is 13.3. The first-order chi connectivity index (χ1) is 7.61. The van der Waals surface area contributed by atoms with Crippen molar-refractivity contribution in [2.45, 2.75) is 18.6 Å². The van der Waals surface area contributed by atoms with E-state index in [0.717, 1.165) is 4.90 Å². The number of aromatic nitrogens is 2. The molecule has 0 radical (unpaired) electrons. The number of alkyl halides is 1. The van der Waals surface area contributed by atoms with Crippen molar-refractivity contribution < 1.29 is 9.18 Å². The summed E-state index contributed by atoms with van der Waals surface area (Å²) >= 11 is 0. The Balaban J connectivity index is 2.34. The lowest BCUT2D eigenvalue weighted by molar-refractivity contribution is 0.220. The fourth-order valence-corrected chi connectivity index (χ4v) is 1.74. The Hall–Kier alpha value is -2.05. The number of amides is 2. The van der Waals surface area contributed by atoms with Gasteiger partial charge in [0.15, 0.2) is 6.17 Å². The number of halogens is 1. The number of nitrogens with two attached hydrogens (primary N) is 1. The highest BCUT2D eigenvalue weighted by molar-refractivity contribution is 5.99. The van der Waals surface area contributed by atoms with Gasteiger partial charge in [0.1, 0.15) is 5.84 Å². The SMILES string of the molecule is N=C1[C@@H](F)C[C@@H](c2cnccn2)N1C(N)=O. The number of hydrogen-bond acceptors (Lipinski definition) is 4. The Morgan fingerprint density at radius 1 is 1.62 bits per heavy atom. The monoisotopic (exact) mass is 223 g/mol. The molecule has 16 heavy (non-hydrogen) atoms. The molecule has 2 heterocycles. The minimum absolute atomic E-state index is 0.000463. The van der Waals surface area contributed by atoms with Gasteiger partial charge in [-0.05, 0) is 0 Å². The Kier molecular flexibility index (Phi) is 2.51. The van der Waals surface area contributed by atoms with Gasteiger partial charge in [-0.25, -0.2) is 9.18 Å². The quantitative estimate of drug-likeness (QED) is 0.730. The molecule has 6 nitrogen and oxygen atoms in total. The first kappa shape index (κ1) is 10.5. The summed E-state index contributed by atoms with van der Waals surface area (Å²) in [6.07, 6.45) is 2.88. The second kappa shape index (κ2) is 3.84. The van der Waals surface area contributed by atoms with Crippen molar-refractivity contribution >= 4 is 11.9 Å². The number of hydrogen-bond donors (Lipinski definition) is 2. The zero-order valence-corrected chi connectivity index (χ0v) is 8.30. The molecule has 0 aliphatic carbocycles. The maximum atomic E-state index is 13.3. The lowest BCUT2D eigenvalue weighted by Gasteiger charge is -2.20. The van der Waals surface area contributed by atoms with Crippen LogP contribution >= 0.6 is 0 Å². The van der Waals surface area contributed by atoms with Gasteiger partial charge in [0.05, 0.1) is 17.9 Å². The van der Waals surface area contributed by atoms with Crippen molar-refractivity contribution in [1.82, 2.24) is 14.9 Å². The van der Waals surface area contributed by atoms with Crippen molar-refractivity contribution in [3.63, 3.8) is 0 Å². The molecule has 2 amide bonds. The number of rotatable bonds is 1. The number of carbonyl (C=O) groups is 1. The highest BCUT2D eigenvalue weighted by atomic mass is 19.1. The average molecular weight is 223 g/mol. The molecular weight excluding hydrogens is 213 g/mol. The summed E-state index contributed by atoms with van der Waals surface area (Å²) in [7, 11) is 0. The molecule has 1 aliphatic rings. The largest absolute Gasteiger partial charge is 0.351 e. The molecule has 1 aromatic rings. The minimum atomic E-state index is -1.49. The third-order valence-corrected chi connectivity index (χ3v) is 2.46. The molecule has 1 aliphatic heterocycles. The first-order valence-corrected chi connectivity index (χ1v) is 4.68. The van der Waals surface area contributed by atoms with E-state index >= 15 is 0 Å². The standard InChI is InChI=1S/C9H10FN5O/c10-5-3-7(6-4-13-1-2-14-6)15(8(5)11)9(12)16/h1-2,4-5,7,11H,3H2,(H2,12,16)/t5-,7-/m0/s1. The number of nitrogens with zero attached hydrogens (tertiary/aromatic N) is 3. The van der Waals surface area contributed by atoms with Crippen LogP contribution < -0.4 is 5.73 Å². The van der Waals surface area contributed by atoms with Crippen LogP contribution in [0.15, 0.2) is 18.6 Å². The van der Waals surface area contributed by atoms with Crippen LogP contribution in [-0.4, -0.2) is 32.9 Å². The van der Waals surface area contributed by atoms with Gasteiger partial charge >= 0.3 is 6.03 Å². The van der Waals surface area contributed by atoms with Gasteiger partial charge in [-0.1, -0.05) is 0 Å². The third-order valence-electron chi connectivity index (χ3n) is 2.46. The zero-order chi connectivity index (χ0) is 11.7. The molecule has 3 N–H and O–H groups in total. The summed E-state index contributed by atoms with van der Waals surface area (Å²) in [6, 6.07) is -1.48. The van der Waals surface area contributed by atoms with Crippen molar-refractivity contribution in [1.29, 1.82) is 5.41 Å². The molecule has 0 saturated carbocycles. The van der Waals surface area contributed by atoms with Gasteiger partial charge in [-0.15, -0.1) is 0 Å². The molecule has 0 spiro atoms. The lowest BCUT2D eigenvalue weighted by atomic mass is 10.1. The lowest BCUT2D eigenvalue weighted by Crippen LogP contribution is -2.39. The van der Waals surface area contributed by atoms with Gasteiger partial charge in [0, 0.05) is 18.8 Å². The normalized spacial score (nSPS) is 24.8. The van der Waals surface area contributed by atoms with Crippen LogP contribution in [-0.2, 0) is 0 Å². The Labute approximate surface area is 90.8 Å². The van der Waals surface area contributed by atoms with E-state index in [0.29, 0.717) is 5.69 Å². The second-order valence-electron chi connectivity index (χ2n) is 3.44. The van der Waals surface area contributed by atoms with Crippen molar-refractivity contribution in [2.75, 3.05) is 0 Å². The minimum Gasteiger partial charge on any atom is -0.351 e. The molecule has 2 atom stereocenters. The zero-order valence-electron chi connectivity index (χ0n) is 8.30. The summed E-state index contributed by atoms with van der Waals surface area (Å²) in [5, 5.41) is 7.42. The average Bonchev–Trinajstić information content (AvgIpc) is 2.57. The van der Waals surface area contributed by atoms with E-state index in [1.165, 1.54) is 18.6 Å². The number of primary amides is 1. The first-order valence-electron chi connectivity index (χ1n) is 4.68. The fraction of sp³-hybridized carbons (Fsp3) is 0.333. The highest BCUT2D eigenvalue weighted by Crippen LogP contribution is 2.32. The number of nitrogens with one attached hydrogen (secondary N) is 1. The van der Waals surface area contributed by atoms with Crippen LogP contribution in [0.2, 0.25) is 0 Å². The predicted molar refractivity (Wildman–Crippen MR) is 53.4 cm³/mol. The van der Waals surface area contributed by atoms with E-state index < -0.39 is 24.1 Å². The van der Waals surface area contributed by atoms with Gasteiger partial charge in [0.2, 0.25) is 0 Å². The summed E-state index contributed by atoms with van der Waals surface area (Å²) in [4.78, 5) is 19.9. The van der Waals surface area contributed by atoms with Gasteiger partial charge in [-0.2, -0.15) is 0 Å². The molecule has 0 unspecified atom stereocenters. The Morgan fingerprint density at radius 3 is 2.94 bits per heavy atom. The molecule has 1 saturated heterocycles. The van der Waals surface area contributed by atoms with E-state index in [9.17, 15) is 9.18 Å². The van der Waals surface area contributed by atoms with Crippen LogP contribution in [0.5, 0.6) is 0 Å². The summed E-state index contributed by atoms with van der Waals surface area (Å²) in [5.41, 5.74) is 5.55. The van der Waals surface area contributed by atoms with E-state index in [1.54, 1.807) is 0 Å². The Bertz CT molecular complexity index is 423. The highest BCUT2D eigenvalue weighted by Gasteiger charge is 2.41. The topological polar surface area (TPSA) is 96.0 Å². The maximum absolute atomic E-state index is 13.3. The van der Waals surface area contributed by atoms with Gasteiger partial charge in [-0.3, -0.25) is 20.3 Å². The Morgan fingerprint density at radius 2 is 2.38 bits per heavy atom. The molecule has 84 valence electrons. The predicted octanol–water partition coefficient (Wildman–Crippen LogP) is 0.617. The van der Waals surface area contributed by atoms with E-state index in [4.69, 9.17) is 11.1 Å². The van der Waals surface area contributed by atoms with Gasteiger partial charge in [0.25, 0.3) is 0 Å². The molecule has 0 aromatic carbocycles. The maximum Gasteiger partial charge on any atom is 0.320 e. The van der Waals surface area contributed by atoms with Crippen LogP contribution in [0.1, 0.15) is 18.2 Å². The fourth-order valence-electron chi connectivity index (χ4n) is 1.74. The molecule has 1 fully saturated rings. The number of urea groups is 1. The number of amidine groups is 1. The number of carbonyl (C=O) groups excluding carboxylic acids is 1. The van der Waals surface area contributed by atoms with Crippen molar-refractivity contribution in [2.24, 2.45) is 5.73 Å². The molecule has 2 rings (SSSR count). The summed E-state index contributed by atoms with van der Waals surface area (Å²) in [6.45, 7) is 0. The van der Waals surface area contributed by atoms with E-state index in [1.807, 2.05) is 0 Å². The van der Waals surface area contributed by atoms with E-state index in [2.05, 4.69) is 9.97 Å². The van der Waals surface area contributed by atoms with Crippen molar-refractivity contribution in [3.8, 4) is 0 Å². The third kappa shape index (κ3) is 1.60. The summed E-state index contributed by atoms with van der Waals surface area (Å²) in [5.74, 6) is -0.414. The molecule has 7 heteroatoms. The smallest absolute Gasteiger partial charge is 0.320 e. The molecule has 1 aromatic heterocycles. The van der Waals surface area contributed by atoms with Crippen LogP contribution in [0.3, 0.4) is 0 Å². The van der Waals surface area contributed by atoms with Crippen molar-refractivity contribution in [3.05, 3.63) is 24.3 Å². The van der Waals surface area contributed by atoms with Crippen LogP contribution in [0.25, 0.3) is 0 Å². The van der Waals surface area contributed by atoms with Crippen LogP contribution in [0, 0.1) is 5.41 Å². The number of likely N-dealkylation sites (tertiary alicyclic amines) is 1. The second-order valence-corrected chi connectivity index (χ2v) is 3.44. The van der Waals surface area contributed by atoms with Gasteiger partial charge < -0.3 is 5.73 Å². The molecular formula is C9H10FN5O. The van der Waals surface area contributed by atoms with E-state index in [-0.39, 0.29) is 6.42 Å².